The molecular weight excluding hydrogens is 427 g/mol. The molecule has 2 saturated heterocycles. The fourth-order valence-electron chi connectivity index (χ4n) is 3.75. The molecule has 3 heterocycles. The number of halogens is 3. The van der Waals surface area contributed by atoms with Gasteiger partial charge in [-0.25, -0.2) is 0 Å². The normalized spacial score (nSPS) is 24.0. The average molecular weight is 445 g/mol. The van der Waals surface area contributed by atoms with Crippen molar-refractivity contribution in [2.75, 3.05) is 18.0 Å². The van der Waals surface area contributed by atoms with Crippen LogP contribution in [-0.2, 0) is 15.7 Å². The number of aromatic nitrogens is 1. The summed E-state index contributed by atoms with van der Waals surface area (Å²) in [6.45, 7) is 4.72. The molecule has 0 amide bonds. The minimum Gasteiger partial charge on any atom is -0.348 e. The molecule has 0 saturated carbocycles. The highest BCUT2D eigenvalue weighted by atomic mass is 32.1. The number of ether oxygens (including phenoxy) is 2. The molecule has 1 aromatic heterocycles. The summed E-state index contributed by atoms with van der Waals surface area (Å²) < 4.78 is 51.0. The summed E-state index contributed by atoms with van der Waals surface area (Å²) in [6, 6.07) is 1.07. The summed E-state index contributed by atoms with van der Waals surface area (Å²) in [4.78, 5) is 28.6. The van der Waals surface area contributed by atoms with Crippen molar-refractivity contribution in [1.82, 2.24) is 4.98 Å². The first-order valence-corrected chi connectivity index (χ1v) is 10.1. The van der Waals surface area contributed by atoms with Gasteiger partial charge in [-0.1, -0.05) is 11.3 Å². The SMILES string of the molecule is CC1OC2(CCN(c3nc(=O)c4cc(C(F)(F)F)cc([N+](=O)[O-])c4s3)CC2)OC1C. The van der Waals surface area contributed by atoms with E-state index in [1.165, 1.54) is 0 Å². The maximum Gasteiger partial charge on any atom is 0.416 e. The first-order chi connectivity index (χ1) is 14.0. The average Bonchev–Trinajstić information content (AvgIpc) is 2.93. The fourth-order valence-corrected chi connectivity index (χ4v) is 4.86. The molecule has 0 bridgehead atoms. The molecule has 2 fully saturated rings. The molecule has 1 aromatic carbocycles. The number of benzene rings is 1. The largest absolute Gasteiger partial charge is 0.416 e. The van der Waals surface area contributed by atoms with Crippen LogP contribution in [0.15, 0.2) is 16.9 Å². The second-order valence-corrected chi connectivity index (χ2v) is 8.45. The van der Waals surface area contributed by atoms with E-state index in [0.717, 1.165) is 11.3 Å². The Morgan fingerprint density at radius 1 is 1.23 bits per heavy atom. The Bertz CT molecular complexity index is 1050. The van der Waals surface area contributed by atoms with Crippen LogP contribution >= 0.6 is 11.3 Å². The van der Waals surface area contributed by atoms with Crippen LogP contribution in [0.5, 0.6) is 0 Å². The van der Waals surface area contributed by atoms with Gasteiger partial charge in [0.25, 0.3) is 11.2 Å². The van der Waals surface area contributed by atoms with Crippen molar-refractivity contribution in [1.29, 1.82) is 0 Å². The monoisotopic (exact) mass is 445 g/mol. The van der Waals surface area contributed by atoms with Gasteiger partial charge in [0.1, 0.15) is 4.70 Å². The molecule has 30 heavy (non-hydrogen) atoms. The van der Waals surface area contributed by atoms with Gasteiger partial charge in [0, 0.05) is 32.0 Å². The number of hydrogen-bond donors (Lipinski definition) is 0. The number of piperidine rings is 1. The Kier molecular flexibility index (Phi) is 4.98. The molecule has 1 spiro atoms. The molecular formula is C18H18F3N3O5S. The summed E-state index contributed by atoms with van der Waals surface area (Å²) in [5.41, 5.74) is -2.94. The molecule has 0 N–H and O–H groups in total. The highest BCUT2D eigenvalue weighted by Crippen LogP contribution is 2.41. The van der Waals surface area contributed by atoms with E-state index in [0.29, 0.717) is 38.1 Å². The number of nitrogens with zero attached hydrogens (tertiary/aromatic N) is 3. The summed E-state index contributed by atoms with van der Waals surface area (Å²) >= 11 is 0.838. The molecule has 0 radical (unpaired) electrons. The predicted octanol–water partition coefficient (Wildman–Crippen LogP) is 3.70. The predicted molar refractivity (Wildman–Crippen MR) is 103 cm³/mol. The van der Waals surface area contributed by atoms with E-state index < -0.39 is 39.1 Å². The lowest BCUT2D eigenvalue weighted by Gasteiger charge is -2.38. The Morgan fingerprint density at radius 2 is 1.83 bits per heavy atom. The zero-order valence-electron chi connectivity index (χ0n) is 16.1. The lowest BCUT2D eigenvalue weighted by Crippen LogP contribution is -2.46. The summed E-state index contributed by atoms with van der Waals surface area (Å²) in [6.07, 6.45) is -3.88. The molecule has 8 nitrogen and oxygen atoms in total. The van der Waals surface area contributed by atoms with Crippen molar-refractivity contribution in [3.8, 4) is 0 Å². The zero-order valence-corrected chi connectivity index (χ0v) is 16.9. The number of hydrogen-bond acceptors (Lipinski definition) is 8. The summed E-state index contributed by atoms with van der Waals surface area (Å²) in [5, 5.41) is 11.2. The number of nitro groups is 1. The van der Waals surface area contributed by atoms with Gasteiger partial charge in [0.05, 0.1) is 28.1 Å². The van der Waals surface area contributed by atoms with E-state index in [4.69, 9.17) is 9.47 Å². The first-order valence-electron chi connectivity index (χ1n) is 9.30. The lowest BCUT2D eigenvalue weighted by atomic mass is 10.0. The van der Waals surface area contributed by atoms with Crippen molar-refractivity contribution in [2.24, 2.45) is 0 Å². The van der Waals surface area contributed by atoms with E-state index in [9.17, 15) is 28.1 Å². The van der Waals surface area contributed by atoms with E-state index in [2.05, 4.69) is 4.98 Å². The van der Waals surface area contributed by atoms with Gasteiger partial charge in [-0.05, 0) is 19.9 Å². The van der Waals surface area contributed by atoms with Crippen LogP contribution < -0.4 is 10.5 Å². The maximum atomic E-state index is 13.1. The standard InChI is InChI=1S/C18H18F3N3O5S/c1-9-10(2)29-17(28-9)3-5-23(6-4-17)16-22-15(25)12-7-11(18(19,20)21)8-13(24(26)27)14(12)30-16/h7-10H,3-6H2,1-2H3. The van der Waals surface area contributed by atoms with Crippen molar-refractivity contribution in [2.45, 2.75) is 50.9 Å². The third kappa shape index (κ3) is 3.63. The van der Waals surface area contributed by atoms with E-state index >= 15 is 0 Å². The molecule has 2 unspecified atom stereocenters. The number of non-ortho nitro benzene ring substituents is 1. The molecule has 2 aliphatic heterocycles. The fraction of sp³-hybridized carbons (Fsp3) is 0.556. The quantitative estimate of drug-likeness (QED) is 0.514. The van der Waals surface area contributed by atoms with Crippen LogP contribution in [0.3, 0.4) is 0 Å². The molecule has 0 aliphatic carbocycles. The van der Waals surface area contributed by atoms with Crippen LogP contribution in [0, 0.1) is 10.1 Å². The highest BCUT2D eigenvalue weighted by molar-refractivity contribution is 7.22. The van der Waals surface area contributed by atoms with Gasteiger partial charge >= 0.3 is 6.18 Å². The minimum absolute atomic E-state index is 0.0446. The second kappa shape index (κ2) is 7.13. The maximum absolute atomic E-state index is 13.1. The summed E-state index contributed by atoms with van der Waals surface area (Å²) in [7, 11) is 0. The minimum atomic E-state index is -4.81. The van der Waals surface area contributed by atoms with Crippen molar-refractivity contribution < 1.29 is 27.6 Å². The topological polar surface area (TPSA) is 94.8 Å². The van der Waals surface area contributed by atoms with Crippen LogP contribution in [-0.4, -0.2) is 41.0 Å². The molecule has 2 aromatic rings. The van der Waals surface area contributed by atoms with Crippen molar-refractivity contribution >= 4 is 32.2 Å². The number of fused-ring (bicyclic) bond motifs is 1. The van der Waals surface area contributed by atoms with Crippen molar-refractivity contribution in [3.05, 3.63) is 38.2 Å². The summed E-state index contributed by atoms with van der Waals surface area (Å²) in [5.74, 6) is -0.704. The van der Waals surface area contributed by atoms with E-state index in [1.54, 1.807) is 4.90 Å². The van der Waals surface area contributed by atoms with Crippen LogP contribution in [0.4, 0.5) is 24.0 Å². The van der Waals surface area contributed by atoms with Crippen LogP contribution in [0.25, 0.3) is 10.1 Å². The zero-order chi connectivity index (χ0) is 21.8. The van der Waals surface area contributed by atoms with Gasteiger partial charge in [-0.15, -0.1) is 0 Å². The number of nitro benzene ring substituents is 1. The van der Waals surface area contributed by atoms with Crippen molar-refractivity contribution in [3.63, 3.8) is 0 Å². The van der Waals surface area contributed by atoms with Crippen LogP contribution in [0.1, 0.15) is 32.3 Å². The smallest absolute Gasteiger partial charge is 0.348 e. The Labute approximate surface area is 172 Å². The number of anilines is 1. The van der Waals surface area contributed by atoms with Gasteiger partial charge in [-0.3, -0.25) is 14.9 Å². The van der Waals surface area contributed by atoms with Gasteiger partial charge in [-0.2, -0.15) is 18.2 Å². The third-order valence-corrected chi connectivity index (χ3v) is 6.64. The second-order valence-electron chi connectivity index (χ2n) is 7.47. The Balaban J connectivity index is 1.69. The van der Waals surface area contributed by atoms with E-state index in [-0.39, 0.29) is 22.0 Å². The Hall–Kier alpha value is -2.31. The molecule has 2 atom stereocenters. The molecule has 162 valence electrons. The first kappa shape index (κ1) is 20.9. The van der Waals surface area contributed by atoms with Crippen LogP contribution in [0.2, 0.25) is 0 Å². The third-order valence-electron chi connectivity index (χ3n) is 5.47. The number of rotatable bonds is 2. The Morgan fingerprint density at radius 3 is 2.37 bits per heavy atom. The van der Waals surface area contributed by atoms with Gasteiger partial charge in [0.15, 0.2) is 10.9 Å². The van der Waals surface area contributed by atoms with Gasteiger partial charge in [0.2, 0.25) is 0 Å². The lowest BCUT2D eigenvalue weighted by molar-refractivity contribution is -0.383. The molecule has 2 aliphatic rings. The molecule has 12 heteroatoms. The highest BCUT2D eigenvalue weighted by Gasteiger charge is 2.46. The number of alkyl halides is 3. The van der Waals surface area contributed by atoms with Gasteiger partial charge < -0.3 is 14.4 Å². The van der Waals surface area contributed by atoms with E-state index in [1.807, 2.05) is 13.8 Å². The molecule has 4 rings (SSSR count).